The van der Waals surface area contributed by atoms with Gasteiger partial charge in [-0.25, -0.2) is 14.6 Å². The van der Waals surface area contributed by atoms with E-state index in [9.17, 15) is 4.79 Å². The molecule has 0 saturated heterocycles. The zero-order valence-electron chi connectivity index (χ0n) is 17.7. The molecule has 3 aromatic heterocycles. The van der Waals surface area contributed by atoms with Crippen LogP contribution in [0, 0.1) is 5.92 Å². The fraction of sp³-hybridized carbons (Fsp3) is 0.318. The first kappa shape index (κ1) is 20.6. The summed E-state index contributed by atoms with van der Waals surface area (Å²) < 4.78 is 7.67. The van der Waals surface area contributed by atoms with E-state index in [4.69, 9.17) is 9.72 Å². The number of fused-ring (bicyclic) bond motifs is 2. The van der Waals surface area contributed by atoms with Crippen molar-refractivity contribution < 1.29 is 9.53 Å². The lowest BCUT2D eigenvalue weighted by molar-refractivity contribution is -0.124. The largest absolute Gasteiger partial charge is 0.481 e. The minimum atomic E-state index is 0.0331. The Balaban J connectivity index is 1.47. The minimum Gasteiger partial charge on any atom is -0.481 e. The number of amides is 1. The molecule has 1 fully saturated rings. The molecule has 3 heterocycles. The van der Waals surface area contributed by atoms with E-state index in [-0.39, 0.29) is 17.9 Å². The number of benzene rings is 1. The van der Waals surface area contributed by atoms with Crippen molar-refractivity contribution in [3.8, 4) is 11.6 Å². The maximum absolute atomic E-state index is 11.9. The fourth-order valence-corrected chi connectivity index (χ4v) is 4.63. The van der Waals surface area contributed by atoms with E-state index >= 15 is 0 Å². The van der Waals surface area contributed by atoms with Crippen molar-refractivity contribution in [3.63, 3.8) is 0 Å². The first-order chi connectivity index (χ1) is 15.6. The summed E-state index contributed by atoms with van der Waals surface area (Å²) >= 11 is 3.52. The number of hydrogen-bond donors (Lipinski definition) is 2. The van der Waals surface area contributed by atoms with E-state index < -0.39 is 0 Å². The molecule has 0 spiro atoms. The number of carbonyl (C=O) groups is 1. The lowest BCUT2D eigenvalue weighted by atomic mass is 10.1. The molecule has 2 atom stereocenters. The Morgan fingerprint density at radius 1 is 1.22 bits per heavy atom. The van der Waals surface area contributed by atoms with Gasteiger partial charge in [0, 0.05) is 36.7 Å². The van der Waals surface area contributed by atoms with Gasteiger partial charge in [-0.3, -0.25) is 4.79 Å². The van der Waals surface area contributed by atoms with E-state index in [1.165, 1.54) is 0 Å². The SMILES string of the molecule is CNC(=O)[C@H]1CC[C@@H](Nc2ncc3c(Br)nn(-c4ccc5nc(OC)ccc5c4)c3n2)C1. The highest BCUT2D eigenvalue weighted by Gasteiger charge is 2.29. The van der Waals surface area contributed by atoms with Crippen LogP contribution in [-0.4, -0.2) is 50.8 Å². The molecular formula is C22H22BrN7O2. The van der Waals surface area contributed by atoms with Crippen molar-refractivity contribution in [1.82, 2.24) is 30.0 Å². The molecule has 0 unspecified atom stereocenters. The summed E-state index contributed by atoms with van der Waals surface area (Å²) in [6.45, 7) is 0. The van der Waals surface area contributed by atoms with Crippen molar-refractivity contribution in [2.24, 2.45) is 5.92 Å². The number of aromatic nitrogens is 5. The second kappa shape index (κ2) is 8.34. The zero-order chi connectivity index (χ0) is 22.2. The number of hydrogen-bond acceptors (Lipinski definition) is 7. The lowest BCUT2D eigenvalue weighted by Gasteiger charge is -2.13. The summed E-state index contributed by atoms with van der Waals surface area (Å²) in [4.78, 5) is 25.6. The molecule has 0 aliphatic heterocycles. The van der Waals surface area contributed by atoms with E-state index in [0.29, 0.717) is 22.1 Å². The number of anilines is 1. The standard InChI is InChI=1S/C22H22BrN7O2/c1-24-21(31)13-3-5-14(9-13)26-22-25-11-16-19(23)29-30(20(16)28-22)15-6-7-17-12(10-15)4-8-18(27-17)32-2/h4,6-8,10-11,13-14H,3,5,9H2,1-2H3,(H,24,31)(H,25,26,28)/t13-,14+/m0/s1. The van der Waals surface area contributed by atoms with Gasteiger partial charge in [0.05, 0.1) is 23.7 Å². The number of ether oxygens (including phenoxy) is 1. The number of nitrogens with zero attached hydrogens (tertiary/aromatic N) is 5. The molecule has 10 heteroatoms. The van der Waals surface area contributed by atoms with Crippen molar-refractivity contribution in [3.05, 3.63) is 41.1 Å². The summed E-state index contributed by atoms with van der Waals surface area (Å²) in [6.07, 6.45) is 4.30. The second-order valence-corrected chi connectivity index (χ2v) is 8.58. The van der Waals surface area contributed by atoms with Gasteiger partial charge >= 0.3 is 0 Å². The predicted octanol–water partition coefficient (Wildman–Crippen LogP) is 3.46. The van der Waals surface area contributed by atoms with Crippen LogP contribution in [0.2, 0.25) is 0 Å². The molecule has 9 nitrogen and oxygen atoms in total. The maximum Gasteiger partial charge on any atom is 0.224 e. The van der Waals surface area contributed by atoms with E-state index in [1.807, 2.05) is 30.3 Å². The molecule has 32 heavy (non-hydrogen) atoms. The predicted molar refractivity (Wildman–Crippen MR) is 125 cm³/mol. The number of nitrogens with one attached hydrogen (secondary N) is 2. The molecular weight excluding hydrogens is 474 g/mol. The van der Waals surface area contributed by atoms with Crippen LogP contribution >= 0.6 is 15.9 Å². The molecule has 4 aromatic rings. The van der Waals surface area contributed by atoms with Crippen molar-refractivity contribution in [1.29, 1.82) is 0 Å². The van der Waals surface area contributed by atoms with Gasteiger partial charge in [0.2, 0.25) is 17.7 Å². The fourth-order valence-electron chi connectivity index (χ4n) is 4.20. The number of halogens is 1. The van der Waals surface area contributed by atoms with Crippen molar-refractivity contribution >= 4 is 49.7 Å². The molecule has 164 valence electrons. The smallest absolute Gasteiger partial charge is 0.224 e. The number of rotatable bonds is 5. The highest BCUT2D eigenvalue weighted by molar-refractivity contribution is 9.10. The Bertz CT molecular complexity index is 1320. The quantitative estimate of drug-likeness (QED) is 0.436. The van der Waals surface area contributed by atoms with Crippen LogP contribution in [-0.2, 0) is 4.79 Å². The third kappa shape index (κ3) is 3.75. The van der Waals surface area contributed by atoms with Crippen LogP contribution in [0.5, 0.6) is 5.88 Å². The van der Waals surface area contributed by atoms with Crippen LogP contribution in [0.1, 0.15) is 19.3 Å². The van der Waals surface area contributed by atoms with E-state index in [0.717, 1.165) is 41.2 Å². The molecule has 1 saturated carbocycles. The van der Waals surface area contributed by atoms with Gasteiger partial charge in [-0.15, -0.1) is 0 Å². The van der Waals surface area contributed by atoms with Gasteiger partial charge in [0.25, 0.3) is 0 Å². The topological polar surface area (TPSA) is 107 Å². The Morgan fingerprint density at radius 2 is 2.09 bits per heavy atom. The Hall–Kier alpha value is -3.27. The van der Waals surface area contributed by atoms with Gasteiger partial charge in [-0.05, 0) is 59.5 Å². The van der Waals surface area contributed by atoms with Crippen LogP contribution in [0.25, 0.3) is 27.6 Å². The van der Waals surface area contributed by atoms with E-state index in [1.54, 1.807) is 25.0 Å². The molecule has 1 aliphatic carbocycles. The zero-order valence-corrected chi connectivity index (χ0v) is 19.3. The normalized spacial score (nSPS) is 18.2. The average molecular weight is 496 g/mol. The van der Waals surface area contributed by atoms with Gasteiger partial charge in [0.15, 0.2) is 5.65 Å². The molecule has 0 radical (unpaired) electrons. The first-order valence-corrected chi connectivity index (χ1v) is 11.2. The van der Waals surface area contributed by atoms with Gasteiger partial charge < -0.3 is 15.4 Å². The average Bonchev–Trinajstić information content (AvgIpc) is 3.42. The summed E-state index contributed by atoms with van der Waals surface area (Å²) in [5, 5.41) is 12.5. The van der Waals surface area contributed by atoms with E-state index in [2.05, 4.69) is 41.6 Å². The molecule has 5 rings (SSSR count). The van der Waals surface area contributed by atoms with Crippen molar-refractivity contribution in [2.75, 3.05) is 19.5 Å². The minimum absolute atomic E-state index is 0.0331. The Labute approximate surface area is 192 Å². The summed E-state index contributed by atoms with van der Waals surface area (Å²) in [6, 6.07) is 9.87. The molecule has 0 bridgehead atoms. The van der Waals surface area contributed by atoms with Gasteiger partial charge in [-0.2, -0.15) is 10.1 Å². The van der Waals surface area contributed by atoms with Crippen LogP contribution < -0.4 is 15.4 Å². The lowest BCUT2D eigenvalue weighted by Crippen LogP contribution is -2.27. The Kier molecular flexibility index (Phi) is 5.38. The maximum atomic E-state index is 11.9. The summed E-state index contributed by atoms with van der Waals surface area (Å²) in [7, 11) is 3.28. The number of methoxy groups -OCH3 is 1. The molecule has 1 aliphatic rings. The third-order valence-electron chi connectivity index (χ3n) is 5.86. The number of pyridine rings is 1. The van der Waals surface area contributed by atoms with Gasteiger partial charge in [-0.1, -0.05) is 0 Å². The number of carbonyl (C=O) groups excluding carboxylic acids is 1. The molecule has 2 N–H and O–H groups in total. The Morgan fingerprint density at radius 3 is 2.91 bits per heavy atom. The second-order valence-electron chi connectivity index (χ2n) is 7.83. The van der Waals surface area contributed by atoms with Crippen LogP contribution in [0.3, 0.4) is 0 Å². The third-order valence-corrected chi connectivity index (χ3v) is 6.45. The summed E-state index contributed by atoms with van der Waals surface area (Å²) in [5.41, 5.74) is 2.40. The highest BCUT2D eigenvalue weighted by Crippen LogP contribution is 2.30. The first-order valence-electron chi connectivity index (χ1n) is 10.4. The highest BCUT2D eigenvalue weighted by atomic mass is 79.9. The monoisotopic (exact) mass is 495 g/mol. The summed E-state index contributed by atoms with van der Waals surface area (Å²) in [5.74, 6) is 1.23. The van der Waals surface area contributed by atoms with Crippen molar-refractivity contribution in [2.45, 2.75) is 25.3 Å². The molecule has 1 aromatic carbocycles. The van der Waals surface area contributed by atoms with Gasteiger partial charge in [0.1, 0.15) is 4.60 Å². The van der Waals surface area contributed by atoms with Crippen LogP contribution in [0.15, 0.2) is 41.1 Å². The molecule has 1 amide bonds. The van der Waals surface area contributed by atoms with Crippen LogP contribution in [0.4, 0.5) is 5.95 Å².